The van der Waals surface area contributed by atoms with Gasteiger partial charge in [0.25, 0.3) is 0 Å². The summed E-state index contributed by atoms with van der Waals surface area (Å²) >= 11 is 0. The van der Waals surface area contributed by atoms with E-state index in [2.05, 4.69) is 10.6 Å². The van der Waals surface area contributed by atoms with E-state index in [1.165, 1.54) is 5.56 Å². The van der Waals surface area contributed by atoms with Crippen molar-refractivity contribution < 1.29 is 14.6 Å². The molecule has 2 aliphatic rings. The summed E-state index contributed by atoms with van der Waals surface area (Å²) in [6.45, 7) is 1.28. The Labute approximate surface area is 118 Å². The van der Waals surface area contributed by atoms with Gasteiger partial charge in [0.15, 0.2) is 0 Å². The third-order valence-electron chi connectivity index (χ3n) is 4.01. The molecule has 0 atom stereocenters. The van der Waals surface area contributed by atoms with Gasteiger partial charge in [-0.3, -0.25) is 0 Å². The molecular weight excluding hydrogens is 256 g/mol. The van der Waals surface area contributed by atoms with Gasteiger partial charge in [-0.25, -0.2) is 4.79 Å². The lowest BCUT2D eigenvalue weighted by molar-refractivity contribution is 0.118. The first-order valence-corrected chi connectivity index (χ1v) is 7.16. The standard InChI is InChI=1S/C15H20N2O3/c18-14-5-3-12(4-6-14)16-15(19)17-13-2-1-10-8-20-9-11(10)7-13/h1-2,7,12,14,18H,3-6,8-9H2,(H2,16,17,19). The molecule has 3 N–H and O–H groups in total. The number of carbonyl (C=O) groups is 1. The van der Waals surface area contributed by atoms with Crippen LogP contribution in [0.1, 0.15) is 36.8 Å². The van der Waals surface area contributed by atoms with Crippen molar-refractivity contribution in [1.82, 2.24) is 5.32 Å². The van der Waals surface area contributed by atoms with Gasteiger partial charge in [0.2, 0.25) is 0 Å². The maximum atomic E-state index is 11.9. The number of nitrogens with one attached hydrogen (secondary N) is 2. The van der Waals surface area contributed by atoms with Crippen LogP contribution in [0.3, 0.4) is 0 Å². The maximum absolute atomic E-state index is 11.9. The molecule has 0 unspecified atom stereocenters. The zero-order valence-corrected chi connectivity index (χ0v) is 11.4. The molecule has 0 aromatic heterocycles. The first kappa shape index (κ1) is 13.4. The first-order valence-electron chi connectivity index (χ1n) is 7.16. The SMILES string of the molecule is O=C(Nc1ccc2c(c1)COC2)NC1CCC(O)CC1. The maximum Gasteiger partial charge on any atom is 0.319 e. The normalized spacial score (nSPS) is 25.1. The Kier molecular flexibility index (Phi) is 3.89. The van der Waals surface area contributed by atoms with Crippen LogP contribution in [0.4, 0.5) is 10.5 Å². The minimum Gasteiger partial charge on any atom is -0.393 e. The lowest BCUT2D eigenvalue weighted by atomic mass is 9.93. The molecule has 0 spiro atoms. The number of rotatable bonds is 2. The highest BCUT2D eigenvalue weighted by molar-refractivity contribution is 5.89. The molecule has 1 aliphatic heterocycles. The minimum absolute atomic E-state index is 0.163. The Morgan fingerprint density at radius 1 is 1.15 bits per heavy atom. The summed E-state index contributed by atoms with van der Waals surface area (Å²) in [5.74, 6) is 0. The lowest BCUT2D eigenvalue weighted by Crippen LogP contribution is -2.40. The van der Waals surface area contributed by atoms with Gasteiger partial charge in [-0.05, 0) is 48.9 Å². The molecule has 5 heteroatoms. The highest BCUT2D eigenvalue weighted by Crippen LogP contribution is 2.23. The number of aliphatic hydroxyl groups is 1. The average molecular weight is 276 g/mol. The summed E-state index contributed by atoms with van der Waals surface area (Å²) in [6.07, 6.45) is 3.01. The number of benzene rings is 1. The van der Waals surface area contributed by atoms with Gasteiger partial charge >= 0.3 is 6.03 Å². The number of hydrogen-bond acceptors (Lipinski definition) is 3. The van der Waals surface area contributed by atoms with E-state index in [9.17, 15) is 9.90 Å². The summed E-state index contributed by atoms with van der Waals surface area (Å²) < 4.78 is 5.35. The number of fused-ring (bicyclic) bond motifs is 1. The van der Waals surface area contributed by atoms with E-state index in [-0.39, 0.29) is 18.2 Å². The molecule has 1 fully saturated rings. The van der Waals surface area contributed by atoms with E-state index in [0.717, 1.165) is 36.9 Å². The van der Waals surface area contributed by atoms with Crippen molar-refractivity contribution in [3.05, 3.63) is 29.3 Å². The van der Waals surface area contributed by atoms with Crippen molar-refractivity contribution >= 4 is 11.7 Å². The zero-order valence-electron chi connectivity index (χ0n) is 11.4. The van der Waals surface area contributed by atoms with Gasteiger partial charge in [-0.1, -0.05) is 6.07 Å². The molecule has 1 aromatic carbocycles. The fraction of sp³-hybridized carbons (Fsp3) is 0.533. The molecule has 3 rings (SSSR count). The molecule has 20 heavy (non-hydrogen) atoms. The average Bonchev–Trinajstić information content (AvgIpc) is 2.89. The van der Waals surface area contributed by atoms with Gasteiger partial charge < -0.3 is 20.5 Å². The van der Waals surface area contributed by atoms with Gasteiger partial charge in [0.05, 0.1) is 19.3 Å². The summed E-state index contributed by atoms with van der Waals surface area (Å²) in [5, 5.41) is 15.3. The van der Waals surface area contributed by atoms with Crippen molar-refractivity contribution in [3.63, 3.8) is 0 Å². The molecule has 1 saturated carbocycles. The highest BCUT2D eigenvalue weighted by atomic mass is 16.5. The molecule has 0 radical (unpaired) electrons. The van der Waals surface area contributed by atoms with Crippen LogP contribution < -0.4 is 10.6 Å². The zero-order chi connectivity index (χ0) is 13.9. The molecule has 1 aromatic rings. The molecule has 2 amide bonds. The van der Waals surface area contributed by atoms with E-state index in [4.69, 9.17) is 4.74 Å². The van der Waals surface area contributed by atoms with Crippen molar-refractivity contribution in [3.8, 4) is 0 Å². The van der Waals surface area contributed by atoms with Crippen molar-refractivity contribution in [2.24, 2.45) is 0 Å². The van der Waals surface area contributed by atoms with Crippen LogP contribution in [0.25, 0.3) is 0 Å². The topological polar surface area (TPSA) is 70.6 Å². The van der Waals surface area contributed by atoms with E-state index >= 15 is 0 Å². The van der Waals surface area contributed by atoms with Crippen LogP contribution in [0, 0.1) is 0 Å². The third-order valence-corrected chi connectivity index (χ3v) is 4.01. The molecule has 1 aliphatic carbocycles. The Hall–Kier alpha value is -1.59. The lowest BCUT2D eigenvalue weighted by Gasteiger charge is -2.26. The van der Waals surface area contributed by atoms with E-state index < -0.39 is 0 Å². The Morgan fingerprint density at radius 2 is 1.90 bits per heavy atom. The summed E-state index contributed by atoms with van der Waals surface area (Å²) in [4.78, 5) is 11.9. The Balaban J connectivity index is 1.54. The van der Waals surface area contributed by atoms with E-state index in [0.29, 0.717) is 13.2 Å². The van der Waals surface area contributed by atoms with E-state index in [1.54, 1.807) is 0 Å². The predicted molar refractivity (Wildman–Crippen MR) is 75.4 cm³/mol. The number of ether oxygens (including phenoxy) is 1. The number of amides is 2. The molecular formula is C15H20N2O3. The smallest absolute Gasteiger partial charge is 0.319 e. The van der Waals surface area contributed by atoms with Crippen LogP contribution in [0.5, 0.6) is 0 Å². The van der Waals surface area contributed by atoms with Crippen LogP contribution >= 0.6 is 0 Å². The van der Waals surface area contributed by atoms with Crippen molar-refractivity contribution in [1.29, 1.82) is 0 Å². The quantitative estimate of drug-likeness (QED) is 0.775. The molecule has 108 valence electrons. The number of carbonyl (C=O) groups excluding carboxylic acids is 1. The summed E-state index contributed by atoms with van der Waals surface area (Å²) in [7, 11) is 0. The Morgan fingerprint density at radius 3 is 2.70 bits per heavy atom. The summed E-state index contributed by atoms with van der Waals surface area (Å²) in [6, 6.07) is 5.85. The molecule has 0 bridgehead atoms. The number of anilines is 1. The number of hydrogen-bond donors (Lipinski definition) is 3. The second kappa shape index (κ2) is 5.81. The minimum atomic E-state index is -0.201. The summed E-state index contributed by atoms with van der Waals surface area (Å²) in [5.41, 5.74) is 3.13. The van der Waals surface area contributed by atoms with Gasteiger partial charge in [-0.2, -0.15) is 0 Å². The first-order chi connectivity index (χ1) is 9.70. The van der Waals surface area contributed by atoms with Gasteiger partial charge in [0.1, 0.15) is 0 Å². The third kappa shape index (κ3) is 3.11. The number of urea groups is 1. The van der Waals surface area contributed by atoms with Crippen LogP contribution in [0.15, 0.2) is 18.2 Å². The fourth-order valence-electron chi connectivity index (χ4n) is 2.82. The Bertz CT molecular complexity index is 496. The fourth-order valence-corrected chi connectivity index (χ4v) is 2.82. The van der Waals surface area contributed by atoms with Crippen LogP contribution in [-0.4, -0.2) is 23.3 Å². The largest absolute Gasteiger partial charge is 0.393 e. The van der Waals surface area contributed by atoms with E-state index in [1.807, 2.05) is 18.2 Å². The number of aliphatic hydroxyl groups excluding tert-OH is 1. The predicted octanol–water partition coefficient (Wildman–Crippen LogP) is 2.14. The second-order valence-electron chi connectivity index (χ2n) is 5.58. The van der Waals surface area contributed by atoms with Crippen LogP contribution in [0.2, 0.25) is 0 Å². The second-order valence-corrected chi connectivity index (χ2v) is 5.58. The van der Waals surface area contributed by atoms with Crippen molar-refractivity contribution in [2.75, 3.05) is 5.32 Å². The van der Waals surface area contributed by atoms with Gasteiger partial charge in [-0.15, -0.1) is 0 Å². The van der Waals surface area contributed by atoms with Gasteiger partial charge in [0, 0.05) is 11.7 Å². The highest BCUT2D eigenvalue weighted by Gasteiger charge is 2.21. The molecule has 0 saturated heterocycles. The molecule has 1 heterocycles. The molecule has 5 nitrogen and oxygen atoms in total. The monoisotopic (exact) mass is 276 g/mol. The van der Waals surface area contributed by atoms with Crippen LogP contribution in [-0.2, 0) is 18.0 Å². The van der Waals surface area contributed by atoms with Crippen molar-refractivity contribution in [2.45, 2.75) is 51.0 Å².